The molecule has 0 spiro atoms. The smallest absolute Gasteiger partial charge is 0.408 e. The van der Waals surface area contributed by atoms with Gasteiger partial charge in [-0.15, -0.1) is 11.8 Å². The third-order valence-electron chi connectivity index (χ3n) is 3.58. The minimum absolute atomic E-state index is 0.0364. The van der Waals surface area contributed by atoms with Crippen molar-refractivity contribution in [3.8, 4) is 0 Å². The summed E-state index contributed by atoms with van der Waals surface area (Å²) in [6.07, 6.45) is 1.59. The van der Waals surface area contributed by atoms with Crippen molar-refractivity contribution in [1.29, 1.82) is 0 Å². The number of pyridine rings is 1. The van der Waals surface area contributed by atoms with Crippen LogP contribution in [0, 0.1) is 0 Å². The third kappa shape index (κ3) is 8.26. The number of amides is 1. The molecule has 27 heavy (non-hydrogen) atoms. The van der Waals surface area contributed by atoms with E-state index in [9.17, 15) is 9.59 Å². The number of ether oxygens (including phenoxy) is 1. The molecule has 0 aliphatic carbocycles. The van der Waals surface area contributed by atoms with Gasteiger partial charge in [0.05, 0.1) is 17.5 Å². The summed E-state index contributed by atoms with van der Waals surface area (Å²) in [5, 5.41) is 2.73. The lowest BCUT2D eigenvalue weighted by molar-refractivity contribution is -0.118. The Balaban J connectivity index is 1.96. The minimum Gasteiger partial charge on any atom is -0.444 e. The maximum Gasteiger partial charge on any atom is 0.408 e. The van der Waals surface area contributed by atoms with Crippen LogP contribution >= 0.6 is 11.8 Å². The van der Waals surface area contributed by atoms with Crippen LogP contribution < -0.4 is 5.32 Å². The number of thioether (sulfide) groups is 1. The number of ketones is 1. The van der Waals surface area contributed by atoms with Gasteiger partial charge in [-0.25, -0.2) is 4.79 Å². The van der Waals surface area contributed by atoms with E-state index in [4.69, 9.17) is 4.74 Å². The van der Waals surface area contributed by atoms with Gasteiger partial charge >= 0.3 is 6.09 Å². The predicted molar refractivity (Wildman–Crippen MR) is 109 cm³/mol. The standard InChI is InChI=1S/C21H26N2O3S/c1-21(2,3)26-20(25)23-18(13-16-9-5-4-6-10-16)19(24)15-27-14-17-11-7-8-12-22-17/h4-12,18H,13-15H2,1-3H3,(H,23,25). The van der Waals surface area contributed by atoms with Crippen LogP contribution in [0.1, 0.15) is 32.0 Å². The van der Waals surface area contributed by atoms with E-state index in [1.165, 1.54) is 11.8 Å². The lowest BCUT2D eigenvalue weighted by Crippen LogP contribution is -2.45. The fourth-order valence-corrected chi connectivity index (χ4v) is 3.27. The molecular weight excluding hydrogens is 360 g/mol. The van der Waals surface area contributed by atoms with Crippen molar-refractivity contribution in [1.82, 2.24) is 10.3 Å². The SMILES string of the molecule is CC(C)(C)OC(=O)NC(Cc1ccccc1)C(=O)CSCc1ccccn1. The molecule has 1 aromatic carbocycles. The Bertz CT molecular complexity index is 730. The van der Waals surface area contributed by atoms with Gasteiger partial charge in [0.25, 0.3) is 0 Å². The molecule has 0 aliphatic heterocycles. The number of hydrogen-bond donors (Lipinski definition) is 1. The van der Waals surface area contributed by atoms with Gasteiger partial charge in [0.15, 0.2) is 5.78 Å². The molecular formula is C21H26N2O3S. The van der Waals surface area contributed by atoms with E-state index in [2.05, 4.69) is 10.3 Å². The normalized spacial score (nSPS) is 12.3. The second-order valence-corrected chi connectivity index (χ2v) is 8.15. The van der Waals surface area contributed by atoms with Gasteiger partial charge in [-0.05, 0) is 44.9 Å². The van der Waals surface area contributed by atoms with Crippen LogP contribution in [0.4, 0.5) is 4.79 Å². The number of benzene rings is 1. The van der Waals surface area contributed by atoms with Crippen LogP contribution in [-0.2, 0) is 21.7 Å². The molecule has 0 aliphatic rings. The quantitative estimate of drug-likeness (QED) is 0.742. The minimum atomic E-state index is -0.626. The highest BCUT2D eigenvalue weighted by Gasteiger charge is 2.24. The predicted octanol–water partition coefficient (Wildman–Crippen LogP) is 4.02. The first-order chi connectivity index (χ1) is 12.8. The van der Waals surface area contributed by atoms with Gasteiger partial charge in [-0.2, -0.15) is 0 Å². The Labute approximate surface area is 164 Å². The molecule has 144 valence electrons. The molecule has 5 nitrogen and oxygen atoms in total. The highest BCUT2D eigenvalue weighted by atomic mass is 32.2. The molecule has 0 radical (unpaired) electrons. The zero-order chi connectivity index (χ0) is 19.7. The molecule has 0 fully saturated rings. The number of aromatic nitrogens is 1. The van der Waals surface area contributed by atoms with E-state index < -0.39 is 17.7 Å². The van der Waals surface area contributed by atoms with Crippen LogP contribution in [0.2, 0.25) is 0 Å². The van der Waals surface area contributed by atoms with Crippen molar-refractivity contribution < 1.29 is 14.3 Å². The van der Waals surface area contributed by atoms with Crippen molar-refractivity contribution in [2.24, 2.45) is 0 Å². The molecule has 1 aromatic heterocycles. The summed E-state index contributed by atoms with van der Waals surface area (Å²) in [5.41, 5.74) is 1.30. The lowest BCUT2D eigenvalue weighted by Gasteiger charge is -2.23. The fourth-order valence-electron chi connectivity index (χ4n) is 2.39. The Morgan fingerprint density at radius 2 is 1.81 bits per heavy atom. The molecule has 2 rings (SSSR count). The zero-order valence-electron chi connectivity index (χ0n) is 16.0. The fraction of sp³-hybridized carbons (Fsp3) is 0.381. The summed E-state index contributed by atoms with van der Waals surface area (Å²) in [6.45, 7) is 5.38. The number of alkyl carbamates (subject to hydrolysis) is 1. The highest BCUT2D eigenvalue weighted by Crippen LogP contribution is 2.13. The molecule has 1 amide bonds. The maximum atomic E-state index is 12.7. The van der Waals surface area contributed by atoms with Crippen LogP contribution in [0.15, 0.2) is 54.7 Å². The van der Waals surface area contributed by atoms with Crippen LogP contribution in [0.25, 0.3) is 0 Å². The first-order valence-corrected chi connectivity index (χ1v) is 10.0. The number of Topliss-reactive ketones (excluding diaryl/α,β-unsaturated/α-hetero) is 1. The van der Waals surface area contributed by atoms with Gasteiger partial charge in [-0.3, -0.25) is 9.78 Å². The number of nitrogens with one attached hydrogen (secondary N) is 1. The highest BCUT2D eigenvalue weighted by molar-refractivity contribution is 7.99. The molecule has 1 atom stereocenters. The van der Waals surface area contributed by atoms with E-state index in [0.717, 1.165) is 11.3 Å². The van der Waals surface area contributed by atoms with Crippen molar-refractivity contribution in [2.45, 2.75) is 44.6 Å². The molecule has 6 heteroatoms. The molecule has 1 unspecified atom stereocenters. The van der Waals surface area contributed by atoms with Crippen LogP contribution in [0.3, 0.4) is 0 Å². The summed E-state index contributed by atoms with van der Waals surface area (Å²) >= 11 is 1.49. The van der Waals surface area contributed by atoms with Gasteiger partial charge in [0, 0.05) is 11.9 Å². The Morgan fingerprint density at radius 3 is 2.44 bits per heavy atom. The summed E-state index contributed by atoms with van der Waals surface area (Å²) in [6, 6.07) is 14.7. The lowest BCUT2D eigenvalue weighted by atomic mass is 10.0. The summed E-state index contributed by atoms with van der Waals surface area (Å²) in [7, 11) is 0. The van der Waals surface area contributed by atoms with Crippen molar-refractivity contribution in [3.63, 3.8) is 0 Å². The van der Waals surface area contributed by atoms with Crippen molar-refractivity contribution >= 4 is 23.6 Å². The Kier molecular flexibility index (Phi) is 7.85. The van der Waals surface area contributed by atoms with E-state index in [-0.39, 0.29) is 5.78 Å². The third-order valence-corrected chi connectivity index (χ3v) is 4.57. The summed E-state index contributed by atoms with van der Waals surface area (Å²) in [5.74, 6) is 0.909. The average Bonchev–Trinajstić information content (AvgIpc) is 2.61. The molecule has 0 saturated carbocycles. The first kappa shape index (κ1) is 21.0. The van der Waals surface area contributed by atoms with E-state index in [0.29, 0.717) is 17.9 Å². The zero-order valence-corrected chi connectivity index (χ0v) is 16.8. The van der Waals surface area contributed by atoms with Gasteiger partial charge in [0.2, 0.25) is 0 Å². The number of nitrogens with zero attached hydrogens (tertiary/aromatic N) is 1. The second-order valence-electron chi connectivity index (χ2n) is 7.17. The molecule has 0 saturated heterocycles. The number of hydrogen-bond acceptors (Lipinski definition) is 5. The van der Waals surface area contributed by atoms with Gasteiger partial charge < -0.3 is 10.1 Å². The summed E-state index contributed by atoms with van der Waals surface area (Å²) in [4.78, 5) is 29.1. The number of carbonyl (C=O) groups is 2. The van der Waals surface area contributed by atoms with Crippen molar-refractivity contribution in [3.05, 3.63) is 66.0 Å². The van der Waals surface area contributed by atoms with Gasteiger partial charge in [-0.1, -0.05) is 36.4 Å². The van der Waals surface area contributed by atoms with Gasteiger partial charge in [0.1, 0.15) is 5.60 Å². The Morgan fingerprint density at radius 1 is 1.11 bits per heavy atom. The molecule has 0 bridgehead atoms. The second kappa shape index (κ2) is 10.1. The summed E-state index contributed by atoms with van der Waals surface area (Å²) < 4.78 is 5.31. The van der Waals surface area contributed by atoms with E-state index in [1.54, 1.807) is 27.0 Å². The number of carbonyl (C=O) groups excluding carboxylic acids is 2. The average molecular weight is 387 g/mol. The van der Waals surface area contributed by atoms with Crippen LogP contribution in [0.5, 0.6) is 0 Å². The first-order valence-electron chi connectivity index (χ1n) is 8.87. The molecule has 1 heterocycles. The molecule has 1 N–H and O–H groups in total. The van der Waals surface area contributed by atoms with Crippen LogP contribution in [-0.4, -0.2) is 34.3 Å². The number of rotatable bonds is 8. The largest absolute Gasteiger partial charge is 0.444 e. The van der Waals surface area contributed by atoms with E-state index >= 15 is 0 Å². The monoisotopic (exact) mass is 386 g/mol. The maximum absolute atomic E-state index is 12.7. The van der Waals surface area contributed by atoms with E-state index in [1.807, 2.05) is 48.5 Å². The topological polar surface area (TPSA) is 68.3 Å². The van der Waals surface area contributed by atoms with Crippen molar-refractivity contribution in [2.75, 3.05) is 5.75 Å². The molecule has 2 aromatic rings. The Hall–Kier alpha value is -2.34.